The zero-order chi connectivity index (χ0) is 22.1. The Morgan fingerprint density at radius 3 is 2.48 bits per heavy atom. The summed E-state index contributed by atoms with van der Waals surface area (Å²) in [5.41, 5.74) is 9.30. The topological polar surface area (TPSA) is 111 Å². The Balaban J connectivity index is 1.74. The van der Waals surface area contributed by atoms with Gasteiger partial charge in [0, 0.05) is 24.6 Å². The van der Waals surface area contributed by atoms with Crippen molar-refractivity contribution < 1.29 is 24.5 Å². The first-order chi connectivity index (χ1) is 15.0. The number of likely N-dealkylation sites (tertiary alicyclic amines) is 1. The van der Waals surface area contributed by atoms with E-state index >= 15 is 0 Å². The number of phenolic OH excluding ortho intramolecular Hbond substituents is 1. The molecule has 8 heteroatoms. The van der Waals surface area contributed by atoms with Crippen molar-refractivity contribution in [3.63, 3.8) is 0 Å². The minimum atomic E-state index is -0.463. The summed E-state index contributed by atoms with van der Waals surface area (Å²) in [4.78, 5) is 26.8. The van der Waals surface area contributed by atoms with Crippen LogP contribution >= 0.6 is 0 Å². The number of hydrazine groups is 1. The Hall–Kier alpha value is -2.94. The smallest absolute Gasteiger partial charge is 0.337 e. The molecule has 164 valence electrons. The first-order valence-corrected chi connectivity index (χ1v) is 10.4. The van der Waals surface area contributed by atoms with Gasteiger partial charge >= 0.3 is 5.97 Å². The Bertz CT molecular complexity index is 978. The minimum Gasteiger partial charge on any atom is -0.508 e. The molecule has 4 N–H and O–H groups in total. The van der Waals surface area contributed by atoms with Crippen LogP contribution in [-0.2, 0) is 9.53 Å². The Labute approximate surface area is 180 Å². The summed E-state index contributed by atoms with van der Waals surface area (Å²) in [5, 5.41) is 19.9. The summed E-state index contributed by atoms with van der Waals surface area (Å²) in [6.45, 7) is 2.31. The molecule has 0 saturated carbocycles. The second kappa shape index (κ2) is 8.66. The van der Waals surface area contributed by atoms with Crippen LogP contribution in [-0.4, -0.2) is 53.3 Å². The standard InChI is InChI=1S/C23H27N3O5/c1-13-4-9-16(17(28)12-13)19-18-20(25-24-19)22(29)26(10-3-11-27)21(18)14-5-7-15(8-6-14)23(30)31-2/h4-9,12,18-21,24-25,27-28H,3,10-11H2,1-2H3. The first-order valence-electron chi connectivity index (χ1n) is 10.4. The Kier molecular flexibility index (Phi) is 5.95. The molecule has 4 rings (SSSR count). The van der Waals surface area contributed by atoms with E-state index in [1.807, 2.05) is 31.2 Å². The molecule has 2 aliphatic heterocycles. The number of carbonyl (C=O) groups excluding carboxylic acids is 2. The van der Waals surface area contributed by atoms with Crippen molar-refractivity contribution in [2.45, 2.75) is 31.5 Å². The van der Waals surface area contributed by atoms with Crippen LogP contribution < -0.4 is 10.9 Å². The number of carbonyl (C=O) groups is 2. The highest BCUT2D eigenvalue weighted by atomic mass is 16.5. The minimum absolute atomic E-state index is 0.0129. The van der Waals surface area contributed by atoms with Crippen molar-refractivity contribution in [1.82, 2.24) is 15.8 Å². The zero-order valence-electron chi connectivity index (χ0n) is 17.5. The molecule has 0 spiro atoms. The van der Waals surface area contributed by atoms with Gasteiger partial charge in [-0.05, 0) is 42.7 Å². The number of aliphatic hydroxyl groups excluding tert-OH is 1. The molecule has 2 aromatic rings. The molecule has 2 heterocycles. The van der Waals surface area contributed by atoms with Gasteiger partial charge in [-0.2, -0.15) is 0 Å². The lowest BCUT2D eigenvalue weighted by Gasteiger charge is -2.31. The molecule has 2 saturated heterocycles. The van der Waals surface area contributed by atoms with Crippen LogP contribution in [0.15, 0.2) is 42.5 Å². The van der Waals surface area contributed by atoms with Crippen LogP contribution in [0.4, 0.5) is 0 Å². The van der Waals surface area contributed by atoms with Crippen LogP contribution in [0.2, 0.25) is 0 Å². The molecular weight excluding hydrogens is 398 g/mol. The van der Waals surface area contributed by atoms with E-state index in [1.165, 1.54) is 7.11 Å². The maximum absolute atomic E-state index is 13.2. The van der Waals surface area contributed by atoms with E-state index in [0.29, 0.717) is 18.5 Å². The average molecular weight is 425 g/mol. The third-order valence-corrected chi connectivity index (χ3v) is 6.17. The number of esters is 1. The third kappa shape index (κ3) is 3.78. The quantitative estimate of drug-likeness (QED) is 0.520. The number of amides is 1. The second-order valence-electron chi connectivity index (χ2n) is 8.05. The Morgan fingerprint density at radius 1 is 1.13 bits per heavy atom. The van der Waals surface area contributed by atoms with Gasteiger partial charge in [0.05, 0.1) is 24.8 Å². The van der Waals surface area contributed by atoms with Crippen LogP contribution in [0.5, 0.6) is 5.75 Å². The van der Waals surface area contributed by atoms with Gasteiger partial charge in [0.25, 0.3) is 0 Å². The number of benzene rings is 2. The lowest BCUT2D eigenvalue weighted by atomic mass is 9.82. The molecule has 2 fully saturated rings. The van der Waals surface area contributed by atoms with E-state index in [2.05, 4.69) is 10.9 Å². The van der Waals surface area contributed by atoms with Gasteiger partial charge in [-0.15, -0.1) is 0 Å². The van der Waals surface area contributed by atoms with Crippen molar-refractivity contribution >= 4 is 11.9 Å². The fraction of sp³-hybridized carbons (Fsp3) is 0.391. The largest absolute Gasteiger partial charge is 0.508 e. The van der Waals surface area contributed by atoms with E-state index in [4.69, 9.17) is 4.74 Å². The van der Waals surface area contributed by atoms with E-state index in [1.54, 1.807) is 23.1 Å². The highest BCUT2D eigenvalue weighted by molar-refractivity contribution is 5.89. The van der Waals surface area contributed by atoms with Crippen LogP contribution in [0, 0.1) is 12.8 Å². The fourth-order valence-electron chi connectivity index (χ4n) is 4.71. The summed E-state index contributed by atoms with van der Waals surface area (Å²) >= 11 is 0. The number of hydrogen-bond donors (Lipinski definition) is 4. The highest BCUT2D eigenvalue weighted by Gasteiger charge is 2.55. The number of aromatic hydroxyl groups is 1. The number of hydrogen-bond acceptors (Lipinski definition) is 7. The van der Waals surface area contributed by atoms with E-state index in [9.17, 15) is 19.8 Å². The molecular formula is C23H27N3O5. The van der Waals surface area contributed by atoms with Gasteiger partial charge < -0.3 is 19.8 Å². The van der Waals surface area contributed by atoms with Gasteiger partial charge in [-0.3, -0.25) is 4.79 Å². The number of nitrogens with one attached hydrogen (secondary N) is 2. The van der Waals surface area contributed by atoms with Gasteiger partial charge in [-0.25, -0.2) is 15.6 Å². The lowest BCUT2D eigenvalue weighted by Crippen LogP contribution is -2.41. The normalized spacial score (nSPS) is 25.0. The molecule has 0 radical (unpaired) electrons. The third-order valence-electron chi connectivity index (χ3n) is 6.17. The monoisotopic (exact) mass is 425 g/mol. The molecule has 0 aliphatic carbocycles. The molecule has 2 aromatic carbocycles. The predicted octanol–water partition coefficient (Wildman–Crippen LogP) is 1.59. The molecule has 31 heavy (non-hydrogen) atoms. The number of rotatable bonds is 6. The summed E-state index contributed by atoms with van der Waals surface area (Å²) in [6.07, 6.45) is 0.468. The van der Waals surface area contributed by atoms with Crippen molar-refractivity contribution in [1.29, 1.82) is 0 Å². The molecule has 4 unspecified atom stereocenters. The Morgan fingerprint density at radius 2 is 1.84 bits per heavy atom. The first kappa shape index (κ1) is 21.3. The van der Waals surface area contributed by atoms with Gasteiger partial charge in [0.15, 0.2) is 0 Å². The SMILES string of the molecule is COC(=O)c1ccc(C2C3C(NNC3c3ccc(C)cc3O)C(=O)N2CCCO)cc1. The van der Waals surface area contributed by atoms with Crippen molar-refractivity contribution in [2.24, 2.45) is 5.92 Å². The van der Waals surface area contributed by atoms with Gasteiger partial charge in [0.1, 0.15) is 11.8 Å². The summed E-state index contributed by atoms with van der Waals surface area (Å²) in [6, 6.07) is 11.5. The molecule has 4 atom stereocenters. The lowest BCUT2D eigenvalue weighted by molar-refractivity contribution is -0.130. The van der Waals surface area contributed by atoms with Crippen LogP contribution in [0.25, 0.3) is 0 Å². The molecule has 8 nitrogen and oxygen atoms in total. The van der Waals surface area contributed by atoms with Gasteiger partial charge in [-0.1, -0.05) is 24.3 Å². The van der Waals surface area contributed by atoms with Crippen molar-refractivity contribution in [3.05, 3.63) is 64.7 Å². The molecule has 2 aliphatic rings. The van der Waals surface area contributed by atoms with Crippen LogP contribution in [0.1, 0.15) is 45.6 Å². The summed E-state index contributed by atoms with van der Waals surface area (Å²) < 4.78 is 4.78. The number of fused-ring (bicyclic) bond motifs is 1. The number of aryl methyl sites for hydroxylation is 1. The summed E-state index contributed by atoms with van der Waals surface area (Å²) in [5.74, 6) is -0.484. The maximum atomic E-state index is 13.2. The summed E-state index contributed by atoms with van der Waals surface area (Å²) in [7, 11) is 1.33. The van der Waals surface area contributed by atoms with E-state index in [0.717, 1.165) is 16.7 Å². The maximum Gasteiger partial charge on any atom is 0.337 e. The zero-order valence-corrected chi connectivity index (χ0v) is 17.5. The fourth-order valence-corrected chi connectivity index (χ4v) is 4.71. The van der Waals surface area contributed by atoms with Crippen LogP contribution in [0.3, 0.4) is 0 Å². The predicted molar refractivity (Wildman–Crippen MR) is 113 cm³/mol. The van der Waals surface area contributed by atoms with Crippen molar-refractivity contribution in [2.75, 3.05) is 20.3 Å². The number of ether oxygens (including phenoxy) is 1. The molecule has 0 bridgehead atoms. The number of nitrogens with zero attached hydrogens (tertiary/aromatic N) is 1. The number of phenols is 1. The molecule has 1 amide bonds. The van der Waals surface area contributed by atoms with E-state index in [-0.39, 0.29) is 36.3 Å². The van der Waals surface area contributed by atoms with Gasteiger partial charge in [0.2, 0.25) is 5.91 Å². The average Bonchev–Trinajstić information content (AvgIpc) is 3.31. The molecule has 0 aromatic heterocycles. The van der Waals surface area contributed by atoms with Crippen molar-refractivity contribution in [3.8, 4) is 5.75 Å². The number of aliphatic hydroxyl groups is 1. The second-order valence-corrected chi connectivity index (χ2v) is 8.05. The number of methoxy groups -OCH3 is 1. The van der Waals surface area contributed by atoms with E-state index < -0.39 is 12.0 Å². The highest BCUT2D eigenvalue weighted by Crippen LogP contribution is 2.48.